The molecule has 0 saturated carbocycles. The molecule has 0 saturated heterocycles. The van der Waals surface area contributed by atoms with E-state index < -0.39 is 10.8 Å². The predicted octanol–water partition coefficient (Wildman–Crippen LogP) is 2.24. The van der Waals surface area contributed by atoms with Gasteiger partial charge in [0.15, 0.2) is 0 Å². The maximum absolute atomic E-state index is 12.4. The molecule has 116 valence electrons. The first-order valence-electron chi connectivity index (χ1n) is 7.10. The molecule has 1 unspecified atom stereocenters. The maximum Gasteiger partial charge on any atom is 0.252 e. The zero-order valence-corrected chi connectivity index (χ0v) is 13.2. The fourth-order valence-electron chi connectivity index (χ4n) is 2.16. The Morgan fingerprint density at radius 3 is 2.41 bits per heavy atom. The van der Waals surface area contributed by atoms with E-state index in [1.54, 1.807) is 24.3 Å². The molecule has 2 N–H and O–H groups in total. The summed E-state index contributed by atoms with van der Waals surface area (Å²) < 4.78 is 12.0. The van der Waals surface area contributed by atoms with Crippen LogP contribution in [-0.4, -0.2) is 21.0 Å². The molecule has 0 aliphatic carbocycles. The number of aliphatic hydroxyl groups excluding tert-OH is 1. The SMILES string of the molecule is CCS(=O)c1ccccc1C(=O)NCc1ccccc1CO. The standard InChI is InChI=1S/C17H19NO3S/c1-2-22(21)16-10-6-5-9-15(16)17(20)18-11-13-7-3-4-8-14(13)12-19/h3-10,19H,2,11-12H2,1H3,(H,18,20). The third kappa shape index (κ3) is 3.81. The maximum atomic E-state index is 12.4. The highest BCUT2D eigenvalue weighted by Gasteiger charge is 2.14. The third-order valence-corrected chi connectivity index (χ3v) is 4.74. The van der Waals surface area contributed by atoms with Crippen LogP contribution in [0.15, 0.2) is 53.4 Å². The van der Waals surface area contributed by atoms with Gasteiger partial charge in [-0.25, -0.2) is 0 Å². The fourth-order valence-corrected chi connectivity index (χ4v) is 3.11. The Bertz CT molecular complexity index is 685. The Balaban J connectivity index is 2.15. The summed E-state index contributed by atoms with van der Waals surface area (Å²) in [7, 11) is -1.18. The van der Waals surface area contributed by atoms with Crippen molar-refractivity contribution >= 4 is 16.7 Å². The number of rotatable bonds is 6. The minimum Gasteiger partial charge on any atom is -0.392 e. The van der Waals surface area contributed by atoms with Crippen molar-refractivity contribution in [1.82, 2.24) is 5.32 Å². The molecule has 1 amide bonds. The first-order valence-corrected chi connectivity index (χ1v) is 8.42. The summed E-state index contributed by atoms with van der Waals surface area (Å²) in [4.78, 5) is 12.9. The smallest absolute Gasteiger partial charge is 0.252 e. The van der Waals surface area contributed by atoms with E-state index in [1.807, 2.05) is 31.2 Å². The third-order valence-electron chi connectivity index (χ3n) is 3.37. The lowest BCUT2D eigenvalue weighted by Gasteiger charge is -2.11. The topological polar surface area (TPSA) is 66.4 Å². The first kappa shape index (κ1) is 16.4. The van der Waals surface area contributed by atoms with Gasteiger partial charge in [-0.05, 0) is 23.3 Å². The van der Waals surface area contributed by atoms with Crippen LogP contribution in [0.4, 0.5) is 0 Å². The molecule has 2 aromatic carbocycles. The Morgan fingerprint density at radius 1 is 1.09 bits per heavy atom. The summed E-state index contributed by atoms with van der Waals surface area (Å²) in [5, 5.41) is 12.1. The number of carbonyl (C=O) groups excluding carboxylic acids is 1. The largest absolute Gasteiger partial charge is 0.392 e. The second-order valence-corrected chi connectivity index (χ2v) is 6.45. The molecule has 0 heterocycles. The van der Waals surface area contributed by atoms with E-state index in [0.717, 1.165) is 11.1 Å². The van der Waals surface area contributed by atoms with E-state index in [-0.39, 0.29) is 12.5 Å². The van der Waals surface area contributed by atoms with Crippen LogP contribution >= 0.6 is 0 Å². The molecule has 2 aromatic rings. The lowest BCUT2D eigenvalue weighted by molar-refractivity contribution is 0.0947. The fraction of sp³-hybridized carbons (Fsp3) is 0.235. The summed E-state index contributed by atoms with van der Waals surface area (Å²) in [6.07, 6.45) is 0. The normalized spacial score (nSPS) is 11.9. The molecule has 0 radical (unpaired) electrons. The van der Waals surface area contributed by atoms with E-state index in [1.165, 1.54) is 0 Å². The van der Waals surface area contributed by atoms with Crippen molar-refractivity contribution in [2.75, 3.05) is 5.75 Å². The molecule has 0 aromatic heterocycles. The number of carbonyl (C=O) groups is 1. The molecule has 0 bridgehead atoms. The van der Waals surface area contributed by atoms with Crippen LogP contribution in [0.3, 0.4) is 0 Å². The number of hydrogen-bond donors (Lipinski definition) is 2. The summed E-state index contributed by atoms with van der Waals surface area (Å²) >= 11 is 0. The van der Waals surface area contributed by atoms with Gasteiger partial charge >= 0.3 is 0 Å². The van der Waals surface area contributed by atoms with Crippen LogP contribution in [0, 0.1) is 0 Å². The number of benzene rings is 2. The molecule has 5 heteroatoms. The Kier molecular flexibility index (Phi) is 5.86. The number of hydrogen-bond acceptors (Lipinski definition) is 3. The Morgan fingerprint density at radius 2 is 1.73 bits per heavy atom. The van der Waals surface area contributed by atoms with Crippen LogP contribution in [0.25, 0.3) is 0 Å². The van der Waals surface area contributed by atoms with E-state index in [2.05, 4.69) is 5.32 Å². The highest BCUT2D eigenvalue weighted by atomic mass is 32.2. The highest BCUT2D eigenvalue weighted by molar-refractivity contribution is 7.85. The molecule has 2 rings (SSSR count). The van der Waals surface area contributed by atoms with Crippen molar-refractivity contribution < 1.29 is 14.1 Å². The molecule has 1 atom stereocenters. The van der Waals surface area contributed by atoms with Gasteiger partial charge in [0.1, 0.15) is 0 Å². The van der Waals surface area contributed by atoms with E-state index in [4.69, 9.17) is 0 Å². The Labute approximate surface area is 132 Å². The average Bonchev–Trinajstić information content (AvgIpc) is 2.59. The van der Waals surface area contributed by atoms with Gasteiger partial charge in [0.2, 0.25) is 0 Å². The zero-order chi connectivity index (χ0) is 15.9. The minimum absolute atomic E-state index is 0.0670. The van der Waals surface area contributed by atoms with E-state index in [0.29, 0.717) is 22.8 Å². The van der Waals surface area contributed by atoms with E-state index in [9.17, 15) is 14.1 Å². The quantitative estimate of drug-likeness (QED) is 0.858. The highest BCUT2D eigenvalue weighted by Crippen LogP contribution is 2.14. The predicted molar refractivity (Wildman–Crippen MR) is 86.9 cm³/mol. The van der Waals surface area contributed by atoms with E-state index >= 15 is 0 Å². The van der Waals surface area contributed by atoms with Crippen molar-refractivity contribution in [3.8, 4) is 0 Å². The minimum atomic E-state index is -1.18. The van der Waals surface area contributed by atoms with Gasteiger partial charge in [0.05, 0.1) is 27.9 Å². The Hall–Kier alpha value is -1.98. The summed E-state index contributed by atoms with van der Waals surface area (Å²) in [6, 6.07) is 14.3. The van der Waals surface area contributed by atoms with Gasteiger partial charge in [-0.1, -0.05) is 43.3 Å². The lowest BCUT2D eigenvalue weighted by atomic mass is 10.1. The summed E-state index contributed by atoms with van der Waals surface area (Å²) in [6.45, 7) is 2.08. The van der Waals surface area contributed by atoms with Crippen LogP contribution in [0.1, 0.15) is 28.4 Å². The van der Waals surface area contributed by atoms with Crippen molar-refractivity contribution in [2.24, 2.45) is 0 Å². The molecule has 22 heavy (non-hydrogen) atoms. The van der Waals surface area contributed by atoms with Crippen molar-refractivity contribution in [3.63, 3.8) is 0 Å². The van der Waals surface area contributed by atoms with Crippen LogP contribution in [-0.2, 0) is 24.0 Å². The lowest BCUT2D eigenvalue weighted by Crippen LogP contribution is -2.24. The van der Waals surface area contributed by atoms with Gasteiger partial charge < -0.3 is 10.4 Å². The summed E-state index contributed by atoms with van der Waals surface area (Å²) in [5.41, 5.74) is 2.09. The molecular formula is C17H19NO3S. The van der Waals surface area contributed by atoms with Gasteiger partial charge in [0, 0.05) is 12.3 Å². The molecule has 0 aliphatic rings. The molecule has 0 fully saturated rings. The second kappa shape index (κ2) is 7.87. The van der Waals surface area contributed by atoms with Crippen molar-refractivity contribution in [1.29, 1.82) is 0 Å². The van der Waals surface area contributed by atoms with Crippen molar-refractivity contribution in [2.45, 2.75) is 25.0 Å². The molecule has 0 aliphatic heterocycles. The number of aliphatic hydroxyl groups is 1. The van der Waals surface area contributed by atoms with Crippen LogP contribution in [0.5, 0.6) is 0 Å². The second-order valence-electron chi connectivity index (χ2n) is 4.74. The van der Waals surface area contributed by atoms with Crippen LogP contribution < -0.4 is 5.32 Å². The van der Waals surface area contributed by atoms with Gasteiger partial charge in [-0.15, -0.1) is 0 Å². The zero-order valence-electron chi connectivity index (χ0n) is 12.4. The van der Waals surface area contributed by atoms with Gasteiger partial charge in [-0.2, -0.15) is 0 Å². The number of amides is 1. The summed E-state index contributed by atoms with van der Waals surface area (Å²) in [5.74, 6) is 0.211. The molecule has 4 nitrogen and oxygen atoms in total. The first-order chi connectivity index (χ1) is 10.7. The monoisotopic (exact) mass is 317 g/mol. The van der Waals surface area contributed by atoms with Crippen LogP contribution in [0.2, 0.25) is 0 Å². The molecular weight excluding hydrogens is 298 g/mol. The molecule has 0 spiro atoms. The average molecular weight is 317 g/mol. The van der Waals surface area contributed by atoms with Gasteiger partial charge in [-0.3, -0.25) is 9.00 Å². The number of nitrogens with one attached hydrogen (secondary N) is 1. The van der Waals surface area contributed by atoms with Gasteiger partial charge in [0.25, 0.3) is 5.91 Å². The van der Waals surface area contributed by atoms with Crippen molar-refractivity contribution in [3.05, 3.63) is 65.2 Å².